The molecule has 5 aromatic heterocycles. The molecule has 30 heteroatoms. The van der Waals surface area contributed by atoms with Gasteiger partial charge >= 0.3 is 0 Å². The summed E-state index contributed by atoms with van der Waals surface area (Å²) in [5, 5.41) is 9.66. The summed E-state index contributed by atoms with van der Waals surface area (Å²) in [5.74, 6) is -4.33. The van der Waals surface area contributed by atoms with E-state index in [4.69, 9.17) is 39.2 Å². The molecule has 0 saturated heterocycles. The van der Waals surface area contributed by atoms with Gasteiger partial charge in [0.05, 0.1) is 47.3 Å². The van der Waals surface area contributed by atoms with Gasteiger partial charge < -0.3 is 43.6 Å². The summed E-state index contributed by atoms with van der Waals surface area (Å²) >= 11 is 6.66. The largest absolute Gasteiger partial charge is 0.459 e. The molecule has 4 fully saturated rings. The monoisotopic (exact) mass is 1520 g/mol. The number of hydrogen-bond acceptors (Lipinski definition) is 20. The van der Waals surface area contributed by atoms with E-state index in [1.165, 1.54) is 83.9 Å². The van der Waals surface area contributed by atoms with Crippen LogP contribution in [-0.2, 0) is 26.9 Å². The first kappa shape index (κ1) is 74.4. The van der Waals surface area contributed by atoms with Crippen molar-refractivity contribution in [3.63, 3.8) is 0 Å². The number of rotatable bonds is 11. The molecule has 8 aliphatic rings. The van der Waals surface area contributed by atoms with E-state index in [0.29, 0.717) is 79.0 Å². The molecule has 548 valence electrons. The summed E-state index contributed by atoms with van der Waals surface area (Å²) in [4.78, 5) is 76.5. The number of benzene rings is 3. The lowest BCUT2D eigenvalue weighted by atomic mass is 9.73. The number of hydrogen-bond donors (Lipinski definition) is 7. The summed E-state index contributed by atoms with van der Waals surface area (Å²) in [6.45, 7) is 17.1. The van der Waals surface area contributed by atoms with E-state index in [1.807, 2.05) is 26.1 Å². The van der Waals surface area contributed by atoms with Gasteiger partial charge in [-0.05, 0) is 220 Å². The van der Waals surface area contributed by atoms with E-state index in [-0.39, 0.29) is 43.7 Å². The number of amidine groups is 4. The molecule has 4 atom stereocenters. The molecule has 106 heavy (non-hydrogen) atoms. The molecule has 4 unspecified atom stereocenters. The molecule has 11 N–H and O–H groups in total. The fraction of sp³-hybridized carbons (Fsp3) is 0.342. The molecule has 20 nitrogen and oxygen atoms in total. The van der Waals surface area contributed by atoms with Gasteiger partial charge in [-0.15, -0.1) is 11.3 Å². The van der Waals surface area contributed by atoms with Crippen LogP contribution in [0.5, 0.6) is 0 Å². The Morgan fingerprint density at radius 2 is 0.877 bits per heavy atom. The van der Waals surface area contributed by atoms with Crippen molar-refractivity contribution in [1.82, 2.24) is 19.9 Å². The van der Waals surface area contributed by atoms with Crippen LogP contribution >= 0.6 is 46.6 Å². The minimum absolute atomic E-state index is 0.0182. The van der Waals surface area contributed by atoms with Crippen molar-refractivity contribution >= 4 is 109 Å². The number of halogens is 6. The Balaban J connectivity index is 0.000000125. The molecule has 0 bridgehead atoms. The van der Waals surface area contributed by atoms with Gasteiger partial charge in [0.1, 0.15) is 57.6 Å². The lowest BCUT2D eigenvalue weighted by Crippen LogP contribution is -2.46. The highest BCUT2D eigenvalue weighted by Crippen LogP contribution is 2.61. The van der Waals surface area contributed by atoms with Gasteiger partial charge in [-0.2, -0.15) is 0 Å². The average Bonchev–Trinajstić information content (AvgIpc) is 1.57. The van der Waals surface area contributed by atoms with Crippen LogP contribution in [0.15, 0.2) is 154 Å². The highest BCUT2D eigenvalue weighted by atomic mass is 32.2. The number of aryl methyl sites for hydroxylation is 1. The summed E-state index contributed by atoms with van der Waals surface area (Å²) in [6, 6.07) is 24.5. The second kappa shape index (κ2) is 28.8. The minimum Gasteiger partial charge on any atom is -0.459 e. The SMILES string of the molecule is CC1(c2cc(NC(=O)c3ccc(F)cn3)ccc2F)CC2(CC2)OC(N)=N1.CC1(c2cc(NC(=O)c3ccc(F)cn3)ccc2F)CC2(CC2)SC(N)=N1.CC1(c2cc(NC(=O)c3ccc(F)cn3)ccc2F)CC2(CCC2)SC(N)=N1.[C-]#[N+]c1cncc(-c2cc(C)c(C3(C)CC4(CC4)SC(N)=N3)s2)c1. The molecular formula is C76H74F6N16O4S4. The minimum atomic E-state index is -0.891. The molecular weight excluding hydrogens is 1440 g/mol. The number of carbonyl (C=O) groups excluding carboxylic acids is 3. The van der Waals surface area contributed by atoms with Crippen molar-refractivity contribution in [2.24, 2.45) is 42.9 Å². The lowest BCUT2D eigenvalue weighted by molar-refractivity contribution is 0.0959. The van der Waals surface area contributed by atoms with Crippen molar-refractivity contribution in [2.45, 2.75) is 160 Å². The Morgan fingerprint density at radius 3 is 1.25 bits per heavy atom. The Hall–Kier alpha value is -9.83. The molecule has 4 spiro atoms. The zero-order valence-corrected chi connectivity index (χ0v) is 61.5. The predicted octanol–water partition coefficient (Wildman–Crippen LogP) is 16.0. The van der Waals surface area contributed by atoms with Crippen LogP contribution in [0.3, 0.4) is 0 Å². The highest BCUT2D eigenvalue weighted by molar-refractivity contribution is 8.15. The van der Waals surface area contributed by atoms with Gasteiger partial charge in [-0.1, -0.05) is 41.7 Å². The zero-order valence-electron chi connectivity index (χ0n) is 58.3. The van der Waals surface area contributed by atoms with Crippen molar-refractivity contribution in [2.75, 3.05) is 16.0 Å². The Kier molecular flexibility index (Phi) is 20.2. The first-order valence-electron chi connectivity index (χ1n) is 34.1. The first-order chi connectivity index (χ1) is 50.3. The number of aliphatic imine (C=N–C) groups is 4. The first-order valence-corrected chi connectivity index (χ1v) is 37.4. The number of amides is 3. The van der Waals surface area contributed by atoms with Gasteiger partial charge in [-0.25, -0.2) is 51.1 Å². The second-order valence-electron chi connectivity index (χ2n) is 28.8. The lowest BCUT2D eigenvalue weighted by Gasteiger charge is -2.48. The van der Waals surface area contributed by atoms with E-state index in [0.717, 1.165) is 98.6 Å². The van der Waals surface area contributed by atoms with Crippen LogP contribution in [0, 0.1) is 48.4 Å². The number of ether oxygens (including phenoxy) is 1. The number of anilines is 3. The van der Waals surface area contributed by atoms with Crippen LogP contribution in [0.2, 0.25) is 0 Å². The molecule has 8 aromatic rings. The van der Waals surface area contributed by atoms with Crippen LogP contribution in [-0.4, -0.2) is 79.0 Å². The van der Waals surface area contributed by atoms with Crippen LogP contribution in [0.1, 0.15) is 170 Å². The van der Waals surface area contributed by atoms with E-state index in [2.05, 4.69) is 75.6 Å². The molecule has 3 aromatic carbocycles. The number of carbonyl (C=O) groups is 3. The van der Waals surface area contributed by atoms with Gasteiger partial charge in [-0.3, -0.25) is 34.3 Å². The number of nitrogens with zero attached hydrogens (tertiary/aromatic N) is 9. The van der Waals surface area contributed by atoms with Crippen molar-refractivity contribution in [3.8, 4) is 10.4 Å². The predicted molar refractivity (Wildman–Crippen MR) is 405 cm³/mol. The standard InChI is InChI=1S/C20H20F2N4OS.C19H18F2N4O2.C19H18F2N4OS.C18H18N4S2/c1-19(11-20(7-2-8-20)28-18(23)26-19)14-9-13(4-5-15(14)22)25-17(27)16-6-3-12(21)10-24-16;2*1-18(10-19(6-7-19)27-17(22)25-18)13-8-12(3-4-14(13)21)24-16(26)15-5-2-11(20)9-23-15;1-11-6-14(12-7-13(20-3)9-21-8-12)23-15(11)17(2)10-18(4-5-18)24-16(19)22-17/h3-6,9-10H,2,7-8,11H2,1H3,(H2,23,26)(H,25,27);2*2-5,8-9H,6-7,10H2,1H3,(H2,22,25)(H,24,26);6-9H,4-5,10H2,1-2H3,(H2,19,22). The zero-order chi connectivity index (χ0) is 75.4. The third-order valence-corrected chi connectivity index (χ3v) is 25.3. The van der Waals surface area contributed by atoms with E-state index in [9.17, 15) is 40.7 Å². The molecule has 4 saturated carbocycles. The average molecular weight is 1520 g/mol. The van der Waals surface area contributed by atoms with Crippen molar-refractivity contribution < 1.29 is 45.5 Å². The fourth-order valence-corrected chi connectivity index (χ4v) is 19.9. The summed E-state index contributed by atoms with van der Waals surface area (Å²) in [6.07, 6.45) is 18.7. The van der Waals surface area contributed by atoms with Crippen LogP contribution in [0.4, 0.5) is 49.1 Å². The van der Waals surface area contributed by atoms with Crippen LogP contribution in [0.25, 0.3) is 15.3 Å². The van der Waals surface area contributed by atoms with E-state index < -0.39 is 69.2 Å². The molecule has 3 amide bonds. The van der Waals surface area contributed by atoms with Gasteiger partial charge in [0.2, 0.25) is 5.69 Å². The fourth-order valence-electron chi connectivity index (χ4n) is 14.4. The number of aromatic nitrogens is 4. The Labute approximate surface area is 624 Å². The Morgan fingerprint density at radius 1 is 0.481 bits per heavy atom. The molecule has 16 rings (SSSR count). The normalized spacial score (nSPS) is 23.3. The number of pyridine rings is 4. The number of thioether (sulfide) groups is 3. The molecule has 4 aliphatic carbocycles. The van der Waals surface area contributed by atoms with E-state index in [1.54, 1.807) is 71.9 Å². The maximum atomic E-state index is 14.7. The van der Waals surface area contributed by atoms with Crippen molar-refractivity contribution in [3.05, 3.63) is 225 Å². The maximum Gasteiger partial charge on any atom is 0.283 e. The molecule has 9 heterocycles. The summed E-state index contributed by atoms with van der Waals surface area (Å²) in [7, 11) is 0. The second-order valence-corrected chi connectivity index (χ2v) is 34.3. The van der Waals surface area contributed by atoms with Gasteiger partial charge in [0.25, 0.3) is 23.7 Å². The van der Waals surface area contributed by atoms with Gasteiger partial charge in [0.15, 0.2) is 15.5 Å². The third-order valence-electron chi connectivity index (χ3n) is 19.9. The quantitative estimate of drug-likeness (QED) is 0.0468. The smallest absolute Gasteiger partial charge is 0.283 e. The summed E-state index contributed by atoms with van der Waals surface area (Å²) in [5.41, 5.74) is 26.3. The van der Waals surface area contributed by atoms with Crippen LogP contribution < -0.4 is 38.9 Å². The summed E-state index contributed by atoms with van der Waals surface area (Å²) < 4.78 is 88.8. The Bertz CT molecular complexity index is 4810. The molecule has 4 aliphatic heterocycles. The number of nitrogens with one attached hydrogen (secondary N) is 3. The van der Waals surface area contributed by atoms with Crippen molar-refractivity contribution in [1.29, 1.82) is 0 Å². The molecule has 0 radical (unpaired) electrons. The topological polar surface area (TPSA) is 306 Å². The third kappa shape index (κ3) is 16.6. The highest BCUT2D eigenvalue weighted by Gasteiger charge is 2.56. The van der Waals surface area contributed by atoms with Gasteiger partial charge in [0, 0.05) is 76.6 Å². The van der Waals surface area contributed by atoms with E-state index >= 15 is 0 Å². The maximum absolute atomic E-state index is 14.7. The number of nitrogens with two attached hydrogens (primary N) is 4. The number of thiophene rings is 1.